The predicted molar refractivity (Wildman–Crippen MR) is 86.4 cm³/mol. The molecule has 0 aliphatic heterocycles. The molecule has 1 saturated carbocycles. The van der Waals surface area contributed by atoms with Crippen LogP contribution in [0, 0.1) is 17.3 Å². The third-order valence-electron chi connectivity index (χ3n) is 5.51. The summed E-state index contributed by atoms with van der Waals surface area (Å²) < 4.78 is 1.72. The lowest BCUT2D eigenvalue weighted by Gasteiger charge is -2.56. The summed E-state index contributed by atoms with van der Waals surface area (Å²) in [5, 5.41) is 2.98. The molecule has 3 aliphatic carbocycles. The van der Waals surface area contributed by atoms with E-state index < -0.39 is 0 Å². The highest BCUT2D eigenvalue weighted by atomic mass is 16.2. The smallest absolute Gasteiger partial charge is 0.239 e. The molecule has 4 heteroatoms. The fourth-order valence-corrected chi connectivity index (χ4v) is 3.87. The van der Waals surface area contributed by atoms with Crippen molar-refractivity contribution < 1.29 is 4.79 Å². The van der Waals surface area contributed by atoms with Crippen molar-refractivity contribution in [1.82, 2.24) is 9.88 Å². The van der Waals surface area contributed by atoms with Gasteiger partial charge in [0, 0.05) is 31.1 Å². The molecule has 22 heavy (non-hydrogen) atoms. The van der Waals surface area contributed by atoms with E-state index in [1.807, 2.05) is 0 Å². The molecule has 0 spiro atoms. The van der Waals surface area contributed by atoms with Crippen LogP contribution in [0.1, 0.15) is 33.1 Å². The monoisotopic (exact) mass is 300 g/mol. The Labute approximate surface area is 131 Å². The Bertz CT molecular complexity index is 637. The zero-order valence-electron chi connectivity index (χ0n) is 13.3. The summed E-state index contributed by atoms with van der Waals surface area (Å²) in [6.45, 7) is 5.69. The maximum Gasteiger partial charge on any atom is 0.239 e. The minimum Gasteiger partial charge on any atom is -0.354 e. The van der Waals surface area contributed by atoms with Crippen LogP contribution in [0.4, 0.5) is 0 Å². The van der Waals surface area contributed by atoms with Crippen molar-refractivity contribution in [2.45, 2.75) is 39.7 Å². The largest absolute Gasteiger partial charge is 0.354 e. The summed E-state index contributed by atoms with van der Waals surface area (Å²) in [6.07, 6.45) is 9.15. The van der Waals surface area contributed by atoms with Gasteiger partial charge in [0.15, 0.2) is 5.43 Å². The lowest BCUT2D eigenvalue weighted by atomic mass is 9.48. The first-order valence-electron chi connectivity index (χ1n) is 8.08. The van der Waals surface area contributed by atoms with Crippen molar-refractivity contribution in [1.29, 1.82) is 0 Å². The molecule has 2 atom stereocenters. The van der Waals surface area contributed by atoms with E-state index in [-0.39, 0.29) is 17.9 Å². The quantitative estimate of drug-likeness (QED) is 0.849. The molecule has 3 aliphatic rings. The molecule has 4 rings (SSSR count). The number of carbonyl (C=O) groups is 1. The normalized spacial score (nSPS) is 25.1. The summed E-state index contributed by atoms with van der Waals surface area (Å²) in [4.78, 5) is 22.9. The van der Waals surface area contributed by atoms with Gasteiger partial charge in [-0.1, -0.05) is 25.5 Å². The molecule has 0 unspecified atom stereocenters. The van der Waals surface area contributed by atoms with Gasteiger partial charge in [0.25, 0.3) is 0 Å². The molecule has 1 aromatic heterocycles. The lowest BCUT2D eigenvalue weighted by molar-refractivity contribution is -0.121. The zero-order chi connectivity index (χ0) is 15.7. The maximum absolute atomic E-state index is 11.9. The van der Waals surface area contributed by atoms with Gasteiger partial charge in [-0.2, -0.15) is 0 Å². The van der Waals surface area contributed by atoms with Crippen molar-refractivity contribution in [2.75, 3.05) is 6.54 Å². The molecule has 4 nitrogen and oxygen atoms in total. The molecule has 1 heterocycles. The number of rotatable bonds is 5. The van der Waals surface area contributed by atoms with Crippen LogP contribution in [-0.4, -0.2) is 17.0 Å². The van der Waals surface area contributed by atoms with E-state index in [0.29, 0.717) is 17.9 Å². The average molecular weight is 300 g/mol. The van der Waals surface area contributed by atoms with E-state index in [4.69, 9.17) is 0 Å². The minimum absolute atomic E-state index is 0.00851. The average Bonchev–Trinajstić information content (AvgIpc) is 2.49. The van der Waals surface area contributed by atoms with E-state index >= 15 is 0 Å². The molecule has 0 radical (unpaired) electrons. The van der Waals surface area contributed by atoms with E-state index in [2.05, 4.69) is 25.2 Å². The van der Waals surface area contributed by atoms with Crippen LogP contribution >= 0.6 is 0 Å². The molecule has 0 saturated heterocycles. The number of allylic oxidation sites excluding steroid dienone is 1. The van der Waals surface area contributed by atoms with E-state index in [9.17, 15) is 9.59 Å². The third-order valence-corrected chi connectivity index (χ3v) is 5.51. The summed E-state index contributed by atoms with van der Waals surface area (Å²) in [7, 11) is 0. The van der Waals surface area contributed by atoms with E-state index in [0.717, 1.165) is 12.3 Å². The molecule has 1 N–H and O–H groups in total. The van der Waals surface area contributed by atoms with Crippen LogP contribution in [0.3, 0.4) is 0 Å². The van der Waals surface area contributed by atoms with Crippen molar-refractivity contribution in [3.63, 3.8) is 0 Å². The first-order valence-corrected chi connectivity index (χ1v) is 8.08. The summed E-state index contributed by atoms with van der Waals surface area (Å²) >= 11 is 0. The number of hydrogen-bond donors (Lipinski definition) is 1. The van der Waals surface area contributed by atoms with E-state index in [1.165, 1.54) is 30.5 Å². The molecular weight excluding hydrogens is 276 g/mol. The highest BCUT2D eigenvalue weighted by molar-refractivity contribution is 5.75. The molecule has 1 fully saturated rings. The Morgan fingerprint density at radius 1 is 1.36 bits per heavy atom. The highest BCUT2D eigenvalue weighted by Crippen LogP contribution is 2.59. The first kappa shape index (κ1) is 15.1. The van der Waals surface area contributed by atoms with Gasteiger partial charge in [-0.3, -0.25) is 9.59 Å². The lowest BCUT2D eigenvalue weighted by Crippen LogP contribution is -2.48. The Balaban J connectivity index is 1.45. The maximum atomic E-state index is 11.9. The van der Waals surface area contributed by atoms with Gasteiger partial charge in [0.05, 0.1) is 0 Å². The molecule has 1 amide bonds. The second-order valence-corrected chi connectivity index (χ2v) is 7.13. The Kier molecular flexibility index (Phi) is 3.94. The number of nitrogens with zero attached hydrogens (tertiary/aromatic N) is 1. The summed E-state index contributed by atoms with van der Waals surface area (Å²) in [5.41, 5.74) is 1.93. The Morgan fingerprint density at radius 2 is 2.09 bits per heavy atom. The number of carbonyl (C=O) groups excluding carboxylic acids is 1. The summed E-state index contributed by atoms with van der Waals surface area (Å²) in [5.74, 6) is 1.56. The van der Waals surface area contributed by atoms with Crippen molar-refractivity contribution >= 4 is 5.91 Å². The van der Waals surface area contributed by atoms with Crippen LogP contribution in [0.5, 0.6) is 0 Å². The van der Waals surface area contributed by atoms with Crippen molar-refractivity contribution in [3.05, 3.63) is 46.4 Å². The zero-order valence-corrected chi connectivity index (χ0v) is 13.3. The van der Waals surface area contributed by atoms with Gasteiger partial charge in [-0.15, -0.1) is 0 Å². The van der Waals surface area contributed by atoms with Crippen LogP contribution in [-0.2, 0) is 11.3 Å². The predicted octanol–water partition coefficient (Wildman–Crippen LogP) is 2.35. The molecule has 0 aromatic carbocycles. The van der Waals surface area contributed by atoms with Crippen LogP contribution in [0.2, 0.25) is 0 Å². The fourth-order valence-electron chi connectivity index (χ4n) is 3.87. The van der Waals surface area contributed by atoms with Gasteiger partial charge < -0.3 is 9.88 Å². The van der Waals surface area contributed by atoms with E-state index in [1.54, 1.807) is 17.0 Å². The Morgan fingerprint density at radius 3 is 2.73 bits per heavy atom. The van der Waals surface area contributed by atoms with Gasteiger partial charge >= 0.3 is 0 Å². The number of pyridine rings is 1. The number of fused-ring (bicyclic) bond motifs is 1. The number of hydrogen-bond acceptors (Lipinski definition) is 2. The third kappa shape index (κ3) is 2.87. The second-order valence-electron chi connectivity index (χ2n) is 7.13. The standard InChI is InChI=1S/C18H24N2O2/c1-18(2)14-4-3-13(16(18)11-14)5-8-19-17(22)12-20-9-6-15(21)7-10-20/h3,6-7,9-10,14,16H,4-5,8,11-12H2,1-2H3,(H,19,22)/t14-,16-/m0/s1. The molecule has 118 valence electrons. The van der Waals surface area contributed by atoms with Gasteiger partial charge in [-0.05, 0) is 36.5 Å². The second kappa shape index (κ2) is 5.75. The number of nitrogens with one attached hydrogen (secondary N) is 1. The summed E-state index contributed by atoms with van der Waals surface area (Å²) in [6, 6.07) is 2.93. The van der Waals surface area contributed by atoms with Gasteiger partial charge in [-0.25, -0.2) is 0 Å². The number of amides is 1. The highest BCUT2D eigenvalue weighted by Gasteiger charge is 2.50. The SMILES string of the molecule is CC1(C)[C@H]2CC=C(CCNC(=O)Cn3ccc(=O)cc3)[C@@H]1C2. The topological polar surface area (TPSA) is 51.1 Å². The van der Waals surface area contributed by atoms with Crippen LogP contribution < -0.4 is 10.7 Å². The molecule has 1 aromatic rings. The first-order chi connectivity index (χ1) is 10.5. The Hall–Kier alpha value is -1.84. The van der Waals surface area contributed by atoms with Gasteiger partial charge in [0.2, 0.25) is 5.91 Å². The molecule has 2 bridgehead atoms. The van der Waals surface area contributed by atoms with Crippen molar-refractivity contribution in [3.8, 4) is 0 Å². The van der Waals surface area contributed by atoms with Gasteiger partial charge in [0.1, 0.15) is 6.54 Å². The molecular formula is C18H24N2O2. The minimum atomic E-state index is -0.0395. The van der Waals surface area contributed by atoms with Crippen LogP contribution in [0.25, 0.3) is 0 Å². The number of aromatic nitrogens is 1. The van der Waals surface area contributed by atoms with Crippen molar-refractivity contribution in [2.24, 2.45) is 17.3 Å². The van der Waals surface area contributed by atoms with Crippen LogP contribution in [0.15, 0.2) is 41.0 Å². The fraction of sp³-hybridized carbons (Fsp3) is 0.556.